The predicted molar refractivity (Wildman–Crippen MR) is 105 cm³/mol. The highest BCUT2D eigenvalue weighted by Gasteiger charge is 2.15. The SMILES string of the molecule is Cc1[nH]c(=O)c(C#N)c(C)c1CCC(=O)OCC(=O)c1ccc(C(C)C)cc1. The molecule has 0 spiro atoms. The number of H-pyrrole nitrogens is 1. The van der Waals surface area contributed by atoms with Gasteiger partial charge in [-0.05, 0) is 42.9 Å². The summed E-state index contributed by atoms with van der Waals surface area (Å²) in [5.74, 6) is -0.383. The molecule has 1 N–H and O–H groups in total. The van der Waals surface area contributed by atoms with Gasteiger partial charge in [0.05, 0.1) is 0 Å². The second-order valence-electron chi connectivity index (χ2n) is 7.03. The molecule has 0 saturated carbocycles. The highest BCUT2D eigenvalue weighted by Crippen LogP contribution is 2.16. The molecule has 0 fully saturated rings. The van der Waals surface area contributed by atoms with Crippen molar-refractivity contribution in [2.45, 2.75) is 46.5 Å². The van der Waals surface area contributed by atoms with E-state index in [-0.39, 0.29) is 24.4 Å². The summed E-state index contributed by atoms with van der Waals surface area (Å²) in [5, 5.41) is 9.09. The first-order valence-corrected chi connectivity index (χ1v) is 9.15. The van der Waals surface area contributed by atoms with Crippen molar-refractivity contribution in [3.05, 3.63) is 68.1 Å². The predicted octanol–water partition coefficient (Wildman–Crippen LogP) is 3.35. The van der Waals surface area contributed by atoms with Gasteiger partial charge >= 0.3 is 5.97 Å². The normalized spacial score (nSPS) is 10.6. The average Bonchev–Trinajstić information content (AvgIpc) is 2.66. The number of aromatic nitrogens is 1. The van der Waals surface area contributed by atoms with Crippen LogP contribution < -0.4 is 5.56 Å². The van der Waals surface area contributed by atoms with Crippen molar-refractivity contribution in [3.8, 4) is 6.07 Å². The molecule has 0 aliphatic heterocycles. The van der Waals surface area contributed by atoms with Crippen LogP contribution >= 0.6 is 0 Å². The van der Waals surface area contributed by atoms with E-state index < -0.39 is 11.5 Å². The Morgan fingerprint density at radius 1 is 1.18 bits per heavy atom. The van der Waals surface area contributed by atoms with Crippen LogP contribution in [0.5, 0.6) is 0 Å². The second-order valence-corrected chi connectivity index (χ2v) is 7.03. The molecular weight excluding hydrogens is 356 g/mol. The Morgan fingerprint density at radius 3 is 2.39 bits per heavy atom. The van der Waals surface area contributed by atoms with Crippen molar-refractivity contribution in [2.75, 3.05) is 6.61 Å². The molecule has 0 bridgehead atoms. The lowest BCUT2D eigenvalue weighted by Crippen LogP contribution is -2.18. The number of carbonyl (C=O) groups is 2. The summed E-state index contributed by atoms with van der Waals surface area (Å²) >= 11 is 0. The lowest BCUT2D eigenvalue weighted by atomic mass is 9.99. The summed E-state index contributed by atoms with van der Waals surface area (Å²) in [5.41, 5.74) is 3.18. The van der Waals surface area contributed by atoms with Crippen molar-refractivity contribution < 1.29 is 14.3 Å². The summed E-state index contributed by atoms with van der Waals surface area (Å²) in [6.45, 7) is 7.24. The van der Waals surface area contributed by atoms with Crippen molar-refractivity contribution >= 4 is 11.8 Å². The molecule has 0 unspecified atom stereocenters. The number of Topliss-reactive ketones (excluding diaryl/α,β-unsaturated/α-hetero) is 1. The first kappa shape index (κ1) is 21.1. The third-order valence-electron chi connectivity index (χ3n) is 4.76. The van der Waals surface area contributed by atoms with Gasteiger partial charge in [0.25, 0.3) is 5.56 Å². The van der Waals surface area contributed by atoms with Crippen LogP contribution in [0.15, 0.2) is 29.1 Å². The summed E-state index contributed by atoms with van der Waals surface area (Å²) in [6, 6.07) is 9.15. The van der Waals surface area contributed by atoms with E-state index in [0.29, 0.717) is 29.2 Å². The fourth-order valence-electron chi connectivity index (χ4n) is 3.00. The number of hydrogen-bond acceptors (Lipinski definition) is 5. The molecule has 28 heavy (non-hydrogen) atoms. The number of benzene rings is 1. The summed E-state index contributed by atoms with van der Waals surface area (Å²) < 4.78 is 5.09. The Balaban J connectivity index is 1.94. The first-order chi connectivity index (χ1) is 13.2. The lowest BCUT2D eigenvalue weighted by Gasteiger charge is -2.11. The highest BCUT2D eigenvalue weighted by atomic mass is 16.5. The quantitative estimate of drug-likeness (QED) is 0.586. The minimum atomic E-state index is -0.504. The number of carbonyl (C=O) groups excluding carboxylic acids is 2. The zero-order valence-corrected chi connectivity index (χ0v) is 16.6. The molecule has 6 nitrogen and oxygen atoms in total. The van der Waals surface area contributed by atoms with Crippen molar-refractivity contribution in [3.63, 3.8) is 0 Å². The van der Waals surface area contributed by atoms with Crippen LogP contribution in [0.1, 0.15) is 64.5 Å². The zero-order chi connectivity index (χ0) is 20.8. The molecule has 6 heteroatoms. The van der Waals surface area contributed by atoms with E-state index in [4.69, 9.17) is 10.00 Å². The van der Waals surface area contributed by atoms with Gasteiger partial charge in [0.2, 0.25) is 0 Å². The molecule has 1 aromatic heterocycles. The van der Waals surface area contributed by atoms with Crippen LogP contribution in [-0.4, -0.2) is 23.3 Å². The maximum absolute atomic E-state index is 12.2. The lowest BCUT2D eigenvalue weighted by molar-refractivity contribution is -0.142. The van der Waals surface area contributed by atoms with Gasteiger partial charge in [0.1, 0.15) is 11.6 Å². The Bertz CT molecular complexity index is 979. The highest BCUT2D eigenvalue weighted by molar-refractivity contribution is 5.97. The van der Waals surface area contributed by atoms with Crippen LogP contribution in [0.25, 0.3) is 0 Å². The number of aryl methyl sites for hydroxylation is 1. The number of nitrogens with zero attached hydrogens (tertiary/aromatic N) is 1. The Morgan fingerprint density at radius 2 is 1.82 bits per heavy atom. The number of esters is 1. The number of ether oxygens (including phenoxy) is 1. The van der Waals surface area contributed by atoms with Crippen LogP contribution in [-0.2, 0) is 16.0 Å². The van der Waals surface area contributed by atoms with Gasteiger partial charge in [-0.3, -0.25) is 14.4 Å². The number of nitriles is 1. The second kappa shape index (κ2) is 9.14. The van der Waals surface area contributed by atoms with Crippen molar-refractivity contribution in [1.29, 1.82) is 5.26 Å². The molecule has 0 atom stereocenters. The Hall–Kier alpha value is -3.20. The number of ketones is 1. The van der Waals surface area contributed by atoms with E-state index >= 15 is 0 Å². The summed E-state index contributed by atoms with van der Waals surface area (Å²) in [6.07, 6.45) is 0.372. The molecule has 0 radical (unpaired) electrons. The van der Waals surface area contributed by atoms with E-state index in [1.165, 1.54) is 0 Å². The van der Waals surface area contributed by atoms with Crippen molar-refractivity contribution in [1.82, 2.24) is 4.98 Å². The number of hydrogen-bond donors (Lipinski definition) is 1. The van der Waals surface area contributed by atoms with Crippen LogP contribution in [0.3, 0.4) is 0 Å². The van der Waals surface area contributed by atoms with Gasteiger partial charge in [-0.2, -0.15) is 5.26 Å². The molecule has 146 valence electrons. The average molecular weight is 380 g/mol. The number of nitrogens with one attached hydrogen (secondary N) is 1. The van der Waals surface area contributed by atoms with E-state index in [0.717, 1.165) is 11.1 Å². The molecule has 2 aromatic rings. The smallest absolute Gasteiger partial charge is 0.306 e. The minimum Gasteiger partial charge on any atom is -0.457 e. The van der Waals surface area contributed by atoms with E-state index in [9.17, 15) is 14.4 Å². The van der Waals surface area contributed by atoms with Gasteiger partial charge in [-0.15, -0.1) is 0 Å². The largest absolute Gasteiger partial charge is 0.457 e. The maximum Gasteiger partial charge on any atom is 0.306 e. The number of rotatable bonds is 7. The molecule has 0 amide bonds. The topological polar surface area (TPSA) is 100 Å². The summed E-state index contributed by atoms with van der Waals surface area (Å²) in [4.78, 5) is 38.6. The molecule has 1 heterocycles. The van der Waals surface area contributed by atoms with Gasteiger partial charge < -0.3 is 9.72 Å². The van der Waals surface area contributed by atoms with Crippen LogP contribution in [0, 0.1) is 25.2 Å². The van der Waals surface area contributed by atoms with E-state index in [1.807, 2.05) is 18.2 Å². The maximum atomic E-state index is 12.2. The molecular formula is C22H24N2O4. The standard InChI is InChI=1S/C22H24N2O4/c1-13(2)16-5-7-17(8-6-16)20(25)12-28-21(26)10-9-18-14(3)19(11-23)22(27)24-15(18)4/h5-8,13H,9-10,12H2,1-4H3,(H,24,27). The molecule has 1 aromatic carbocycles. The third kappa shape index (κ3) is 4.95. The minimum absolute atomic E-state index is 0.0500. The van der Waals surface area contributed by atoms with Crippen molar-refractivity contribution in [2.24, 2.45) is 0 Å². The number of aromatic amines is 1. The van der Waals surface area contributed by atoms with Gasteiger partial charge in [0, 0.05) is 17.7 Å². The van der Waals surface area contributed by atoms with Crippen LogP contribution in [0.4, 0.5) is 0 Å². The van der Waals surface area contributed by atoms with E-state index in [2.05, 4.69) is 18.8 Å². The monoisotopic (exact) mass is 380 g/mol. The summed E-state index contributed by atoms with van der Waals surface area (Å²) in [7, 11) is 0. The van der Waals surface area contributed by atoms with E-state index in [1.54, 1.807) is 26.0 Å². The molecule has 2 rings (SSSR count). The third-order valence-corrected chi connectivity index (χ3v) is 4.76. The molecule has 0 aliphatic rings. The van der Waals surface area contributed by atoms with Gasteiger partial charge in [-0.1, -0.05) is 38.1 Å². The number of pyridine rings is 1. The zero-order valence-electron chi connectivity index (χ0n) is 16.6. The Kier molecular flexibility index (Phi) is 6.89. The Labute approximate surface area is 164 Å². The van der Waals surface area contributed by atoms with Gasteiger partial charge in [-0.25, -0.2) is 0 Å². The fourth-order valence-corrected chi connectivity index (χ4v) is 3.00. The molecule has 0 aliphatic carbocycles. The molecule has 0 saturated heterocycles. The van der Waals surface area contributed by atoms with Crippen LogP contribution in [0.2, 0.25) is 0 Å². The fraction of sp³-hybridized carbons (Fsp3) is 0.364. The first-order valence-electron chi connectivity index (χ1n) is 9.15. The van der Waals surface area contributed by atoms with Gasteiger partial charge in [0.15, 0.2) is 12.4 Å².